The van der Waals surface area contributed by atoms with Gasteiger partial charge in [0.25, 0.3) is 5.91 Å². The highest BCUT2D eigenvalue weighted by molar-refractivity contribution is 6.31. The minimum Gasteiger partial charge on any atom is -0.320 e. The first-order valence-electron chi connectivity index (χ1n) is 8.61. The minimum atomic E-state index is -0.277. The monoisotopic (exact) mass is 392 g/mol. The molecular formula is C20H17ClN6O. The summed E-state index contributed by atoms with van der Waals surface area (Å²) < 4.78 is 3.33. The molecule has 2 aromatic heterocycles. The number of nitrogens with one attached hydrogen (secondary N) is 1. The maximum atomic E-state index is 12.9. The quantitative estimate of drug-likeness (QED) is 0.570. The molecule has 0 aliphatic heterocycles. The van der Waals surface area contributed by atoms with Crippen LogP contribution in [-0.4, -0.2) is 30.5 Å². The Balaban J connectivity index is 1.68. The molecule has 2 heterocycles. The Morgan fingerprint density at radius 2 is 1.89 bits per heavy atom. The van der Waals surface area contributed by atoms with Gasteiger partial charge < -0.3 is 5.32 Å². The topological polar surface area (TPSA) is 77.6 Å². The molecule has 0 atom stereocenters. The predicted molar refractivity (Wildman–Crippen MR) is 107 cm³/mol. The number of amides is 1. The fraction of sp³-hybridized carbons (Fsp3) is 0.100. The molecule has 0 aliphatic carbocycles. The van der Waals surface area contributed by atoms with E-state index in [1.54, 1.807) is 40.1 Å². The van der Waals surface area contributed by atoms with Crippen molar-refractivity contribution in [3.63, 3.8) is 0 Å². The van der Waals surface area contributed by atoms with Gasteiger partial charge in [0.15, 0.2) is 0 Å². The van der Waals surface area contributed by atoms with Crippen LogP contribution < -0.4 is 5.32 Å². The number of hydrogen-bond acceptors (Lipinski definition) is 4. The van der Waals surface area contributed by atoms with Crippen molar-refractivity contribution in [1.29, 1.82) is 0 Å². The van der Waals surface area contributed by atoms with E-state index in [2.05, 4.69) is 20.5 Å². The van der Waals surface area contributed by atoms with Crippen molar-refractivity contribution < 1.29 is 4.79 Å². The Morgan fingerprint density at radius 3 is 2.64 bits per heavy atom. The molecule has 0 unspecified atom stereocenters. The van der Waals surface area contributed by atoms with Crippen molar-refractivity contribution in [1.82, 2.24) is 24.5 Å². The van der Waals surface area contributed by atoms with E-state index in [1.165, 1.54) is 6.33 Å². The van der Waals surface area contributed by atoms with Crippen LogP contribution in [0.25, 0.3) is 11.4 Å². The van der Waals surface area contributed by atoms with E-state index < -0.39 is 0 Å². The fourth-order valence-corrected chi connectivity index (χ4v) is 3.18. The highest BCUT2D eigenvalue weighted by atomic mass is 35.5. The van der Waals surface area contributed by atoms with Crippen molar-refractivity contribution in [2.24, 2.45) is 0 Å². The Bertz CT molecular complexity index is 1150. The lowest BCUT2D eigenvalue weighted by atomic mass is 10.2. The third-order valence-corrected chi connectivity index (χ3v) is 4.71. The molecule has 0 bridgehead atoms. The van der Waals surface area contributed by atoms with Gasteiger partial charge in [-0.1, -0.05) is 29.8 Å². The zero-order valence-corrected chi connectivity index (χ0v) is 16.1. The highest BCUT2D eigenvalue weighted by Crippen LogP contribution is 2.25. The van der Waals surface area contributed by atoms with Gasteiger partial charge in [0.1, 0.15) is 12.7 Å². The summed E-state index contributed by atoms with van der Waals surface area (Å²) in [4.78, 5) is 16.9. The number of nitrogens with zero attached hydrogens (tertiary/aromatic N) is 5. The summed E-state index contributed by atoms with van der Waals surface area (Å²) in [5.41, 5.74) is 4.43. The number of rotatable bonds is 4. The number of benzene rings is 2. The Kier molecular flexibility index (Phi) is 4.67. The normalized spacial score (nSPS) is 10.8. The number of carbonyl (C=O) groups is 1. The van der Waals surface area contributed by atoms with Crippen molar-refractivity contribution in [2.75, 3.05) is 5.32 Å². The number of hydrogen-bond donors (Lipinski definition) is 1. The molecule has 1 amide bonds. The molecule has 4 aromatic rings. The van der Waals surface area contributed by atoms with E-state index >= 15 is 0 Å². The molecule has 140 valence electrons. The van der Waals surface area contributed by atoms with Gasteiger partial charge >= 0.3 is 0 Å². The standard InChI is InChI=1S/C20H17ClN6O/c1-13-5-3-4-6-18(13)27-14(2)16(10-23-27)20(28)25-17-9-15(21)7-8-19(17)26-12-22-11-24-26/h3-12H,1-2H3,(H,25,28). The molecule has 7 nitrogen and oxygen atoms in total. The number of halogens is 1. The maximum absolute atomic E-state index is 12.9. The van der Waals surface area contributed by atoms with E-state index in [1.807, 2.05) is 38.1 Å². The second kappa shape index (κ2) is 7.28. The van der Waals surface area contributed by atoms with Crippen LogP contribution in [0.4, 0.5) is 5.69 Å². The van der Waals surface area contributed by atoms with Crippen molar-refractivity contribution in [2.45, 2.75) is 13.8 Å². The Morgan fingerprint density at radius 1 is 1.07 bits per heavy atom. The van der Waals surface area contributed by atoms with Crippen LogP contribution in [0.1, 0.15) is 21.6 Å². The molecule has 0 saturated carbocycles. The van der Waals surface area contributed by atoms with Crippen molar-refractivity contribution >= 4 is 23.2 Å². The van der Waals surface area contributed by atoms with Gasteiger partial charge in [0, 0.05) is 5.02 Å². The van der Waals surface area contributed by atoms with Crippen molar-refractivity contribution in [3.05, 3.63) is 83.2 Å². The Hall–Kier alpha value is -3.45. The summed E-state index contributed by atoms with van der Waals surface area (Å²) in [6.45, 7) is 3.87. The van der Waals surface area contributed by atoms with E-state index in [9.17, 15) is 4.79 Å². The first kappa shape index (κ1) is 17.9. The number of anilines is 1. The van der Waals surface area contributed by atoms with Gasteiger partial charge in [0.05, 0.1) is 34.5 Å². The van der Waals surface area contributed by atoms with Crippen LogP contribution in [-0.2, 0) is 0 Å². The molecule has 0 saturated heterocycles. The molecule has 2 aromatic carbocycles. The average molecular weight is 393 g/mol. The largest absolute Gasteiger partial charge is 0.320 e. The van der Waals surface area contributed by atoms with Gasteiger partial charge in [0.2, 0.25) is 0 Å². The molecule has 28 heavy (non-hydrogen) atoms. The highest BCUT2D eigenvalue weighted by Gasteiger charge is 2.18. The van der Waals surface area contributed by atoms with Gasteiger partial charge in [-0.15, -0.1) is 0 Å². The molecule has 0 radical (unpaired) electrons. The van der Waals surface area contributed by atoms with Crippen LogP contribution >= 0.6 is 11.6 Å². The molecular weight excluding hydrogens is 376 g/mol. The van der Waals surface area contributed by atoms with E-state index in [0.29, 0.717) is 22.0 Å². The molecule has 0 fully saturated rings. The van der Waals surface area contributed by atoms with E-state index in [4.69, 9.17) is 11.6 Å². The summed E-state index contributed by atoms with van der Waals surface area (Å²) >= 11 is 6.13. The van der Waals surface area contributed by atoms with Crippen LogP contribution in [0, 0.1) is 13.8 Å². The number of carbonyl (C=O) groups excluding carboxylic acids is 1. The summed E-state index contributed by atoms with van der Waals surface area (Å²) in [5, 5.41) is 11.9. The first-order valence-corrected chi connectivity index (χ1v) is 8.99. The van der Waals surface area contributed by atoms with Crippen LogP contribution in [0.15, 0.2) is 61.3 Å². The van der Waals surface area contributed by atoms with Gasteiger partial charge in [-0.2, -0.15) is 10.2 Å². The van der Waals surface area contributed by atoms with E-state index in [0.717, 1.165) is 16.9 Å². The zero-order chi connectivity index (χ0) is 19.7. The second-order valence-electron chi connectivity index (χ2n) is 6.30. The van der Waals surface area contributed by atoms with Gasteiger partial charge in [-0.25, -0.2) is 14.3 Å². The predicted octanol–water partition coefficient (Wildman–Crippen LogP) is 3.98. The summed E-state index contributed by atoms with van der Waals surface area (Å²) in [7, 11) is 0. The summed E-state index contributed by atoms with van der Waals surface area (Å²) in [6.07, 6.45) is 4.55. The SMILES string of the molecule is Cc1ccccc1-n1ncc(C(=O)Nc2cc(Cl)ccc2-n2cncn2)c1C. The second-order valence-corrected chi connectivity index (χ2v) is 6.73. The van der Waals surface area contributed by atoms with Gasteiger partial charge in [-0.05, 0) is 43.7 Å². The summed E-state index contributed by atoms with van der Waals surface area (Å²) in [5.74, 6) is -0.277. The lowest BCUT2D eigenvalue weighted by molar-refractivity contribution is 0.102. The van der Waals surface area contributed by atoms with Crippen LogP contribution in [0.5, 0.6) is 0 Å². The zero-order valence-electron chi connectivity index (χ0n) is 15.3. The van der Waals surface area contributed by atoms with Crippen LogP contribution in [0.3, 0.4) is 0 Å². The van der Waals surface area contributed by atoms with Crippen molar-refractivity contribution in [3.8, 4) is 11.4 Å². The van der Waals surface area contributed by atoms with Gasteiger partial charge in [-0.3, -0.25) is 4.79 Å². The molecule has 0 spiro atoms. The van der Waals surface area contributed by atoms with E-state index in [-0.39, 0.29) is 5.91 Å². The Labute approximate surface area is 166 Å². The fourth-order valence-electron chi connectivity index (χ4n) is 3.01. The number of para-hydroxylation sites is 1. The molecule has 4 rings (SSSR count). The number of aryl methyl sites for hydroxylation is 1. The summed E-state index contributed by atoms with van der Waals surface area (Å²) in [6, 6.07) is 13.1. The number of aromatic nitrogens is 5. The molecule has 8 heteroatoms. The molecule has 1 N–H and O–H groups in total. The molecule has 0 aliphatic rings. The third-order valence-electron chi connectivity index (χ3n) is 4.47. The smallest absolute Gasteiger partial charge is 0.259 e. The lowest BCUT2D eigenvalue weighted by Gasteiger charge is -2.12. The average Bonchev–Trinajstić information content (AvgIpc) is 3.32. The third kappa shape index (κ3) is 3.27. The van der Waals surface area contributed by atoms with Crippen LogP contribution in [0.2, 0.25) is 5.02 Å². The first-order chi connectivity index (χ1) is 13.5. The lowest BCUT2D eigenvalue weighted by Crippen LogP contribution is -2.15. The minimum absolute atomic E-state index is 0.277. The maximum Gasteiger partial charge on any atom is 0.259 e.